The number of pyridine rings is 1. The molecule has 0 aliphatic heterocycles. The lowest BCUT2D eigenvalue weighted by atomic mass is 10.1. The van der Waals surface area contributed by atoms with Crippen LogP contribution in [0.4, 0.5) is 0 Å². The van der Waals surface area contributed by atoms with Gasteiger partial charge >= 0.3 is 5.69 Å². The number of hydrogen-bond donors (Lipinski definition) is 2. The van der Waals surface area contributed by atoms with E-state index in [1.54, 1.807) is 0 Å². The molecule has 6 nitrogen and oxygen atoms in total. The van der Waals surface area contributed by atoms with E-state index in [-0.39, 0.29) is 11.2 Å². The largest absolute Gasteiger partial charge is 0.327 e. The Labute approximate surface area is 89.6 Å². The lowest BCUT2D eigenvalue weighted by molar-refractivity contribution is 0.864. The lowest BCUT2D eigenvalue weighted by Gasteiger charge is -2.06. The monoisotopic (exact) mass is 221 g/mol. The summed E-state index contributed by atoms with van der Waals surface area (Å²) < 4.78 is 1.26. The van der Waals surface area contributed by atoms with Gasteiger partial charge in [0.2, 0.25) is 0 Å². The van der Waals surface area contributed by atoms with Crippen molar-refractivity contribution in [3.05, 3.63) is 42.8 Å². The topological polar surface area (TPSA) is 87.7 Å². The Morgan fingerprint density at radius 3 is 2.56 bits per heavy atom. The highest BCUT2D eigenvalue weighted by Gasteiger charge is 2.09. The fraction of sp³-hybridized carbons (Fsp3) is 0.300. The van der Waals surface area contributed by atoms with Gasteiger partial charge in [-0.05, 0) is 12.0 Å². The Hall–Kier alpha value is -2.11. The molecule has 0 amide bonds. The molecule has 0 bridgehead atoms. The minimum Gasteiger partial charge on any atom is -0.297 e. The highest BCUT2D eigenvalue weighted by Crippen LogP contribution is 2.08. The number of nitrogens with one attached hydrogen (secondary N) is 2. The van der Waals surface area contributed by atoms with Gasteiger partial charge in [0.1, 0.15) is 5.65 Å². The van der Waals surface area contributed by atoms with Crippen molar-refractivity contribution < 1.29 is 0 Å². The van der Waals surface area contributed by atoms with Gasteiger partial charge in [-0.1, -0.05) is 6.92 Å². The Bertz CT molecular complexity index is 721. The molecule has 84 valence electrons. The number of fused-ring (bicyclic) bond motifs is 1. The van der Waals surface area contributed by atoms with Crippen LogP contribution in [0.15, 0.2) is 20.4 Å². The van der Waals surface area contributed by atoms with E-state index in [0.29, 0.717) is 17.4 Å². The molecule has 2 aromatic rings. The van der Waals surface area contributed by atoms with Gasteiger partial charge in [-0.25, -0.2) is 4.79 Å². The van der Waals surface area contributed by atoms with E-state index in [4.69, 9.17) is 0 Å². The maximum Gasteiger partial charge on any atom is 0.327 e. The van der Waals surface area contributed by atoms with E-state index in [0.717, 1.165) is 0 Å². The van der Waals surface area contributed by atoms with Gasteiger partial charge < -0.3 is 0 Å². The molecule has 6 heteroatoms. The summed E-state index contributed by atoms with van der Waals surface area (Å²) in [6.45, 7) is 1.85. The van der Waals surface area contributed by atoms with Crippen LogP contribution in [-0.4, -0.2) is 14.5 Å². The zero-order valence-corrected chi connectivity index (χ0v) is 8.96. The summed E-state index contributed by atoms with van der Waals surface area (Å²) in [7, 11) is 1.51. The van der Waals surface area contributed by atoms with Gasteiger partial charge in [0.05, 0.1) is 5.39 Å². The Kier molecular flexibility index (Phi) is 2.26. The zero-order valence-electron chi connectivity index (χ0n) is 8.96. The molecule has 2 N–H and O–H groups in total. The van der Waals surface area contributed by atoms with Crippen molar-refractivity contribution in [1.82, 2.24) is 14.5 Å². The quantitative estimate of drug-likeness (QED) is 0.679. The van der Waals surface area contributed by atoms with Crippen LogP contribution in [0, 0.1) is 0 Å². The molecule has 0 saturated carbocycles. The number of aromatic amines is 2. The highest BCUT2D eigenvalue weighted by molar-refractivity contribution is 5.77. The summed E-state index contributed by atoms with van der Waals surface area (Å²) in [4.78, 5) is 39.0. The molecule has 0 radical (unpaired) electrons. The smallest absolute Gasteiger partial charge is 0.297 e. The van der Waals surface area contributed by atoms with Crippen LogP contribution in [0.25, 0.3) is 11.0 Å². The summed E-state index contributed by atoms with van der Waals surface area (Å²) >= 11 is 0. The van der Waals surface area contributed by atoms with Gasteiger partial charge in [-0.2, -0.15) is 0 Å². The second kappa shape index (κ2) is 3.48. The second-order valence-electron chi connectivity index (χ2n) is 3.55. The van der Waals surface area contributed by atoms with Gasteiger partial charge in [0.25, 0.3) is 11.1 Å². The summed E-state index contributed by atoms with van der Waals surface area (Å²) in [5, 5.41) is 0.365. The number of aryl methyl sites for hydroxylation is 2. The third-order valence-electron chi connectivity index (χ3n) is 2.59. The van der Waals surface area contributed by atoms with Gasteiger partial charge in [0.15, 0.2) is 0 Å². The Morgan fingerprint density at radius 2 is 1.94 bits per heavy atom. The first-order valence-electron chi connectivity index (χ1n) is 4.89. The van der Waals surface area contributed by atoms with E-state index in [1.807, 2.05) is 6.92 Å². The molecule has 0 aromatic carbocycles. The van der Waals surface area contributed by atoms with Crippen LogP contribution in [0.1, 0.15) is 12.5 Å². The van der Waals surface area contributed by atoms with Crippen molar-refractivity contribution in [2.75, 3.05) is 0 Å². The average Bonchev–Trinajstić information content (AvgIpc) is 2.23. The SMILES string of the molecule is CCc1cc(=O)n(C)c2[nH]c(=O)[nH]c(=O)c12. The molecule has 2 aromatic heterocycles. The van der Waals surface area contributed by atoms with Crippen molar-refractivity contribution in [1.29, 1.82) is 0 Å². The zero-order chi connectivity index (χ0) is 11.9. The molecule has 16 heavy (non-hydrogen) atoms. The first-order chi connectivity index (χ1) is 7.54. The van der Waals surface area contributed by atoms with Crippen LogP contribution in [0.2, 0.25) is 0 Å². The van der Waals surface area contributed by atoms with Crippen LogP contribution < -0.4 is 16.8 Å². The third kappa shape index (κ3) is 1.39. The normalized spacial score (nSPS) is 10.9. The van der Waals surface area contributed by atoms with Crippen molar-refractivity contribution in [2.45, 2.75) is 13.3 Å². The predicted molar refractivity (Wildman–Crippen MR) is 59.8 cm³/mol. The molecule has 0 aliphatic rings. The molecule has 2 heterocycles. The summed E-state index contributed by atoms with van der Waals surface area (Å²) in [5.41, 5.74) is -0.425. The number of H-pyrrole nitrogens is 2. The summed E-state index contributed by atoms with van der Waals surface area (Å²) in [6, 6.07) is 1.41. The Balaban J connectivity index is 3.18. The molecule has 0 unspecified atom stereocenters. The fourth-order valence-electron chi connectivity index (χ4n) is 1.73. The number of hydrogen-bond acceptors (Lipinski definition) is 3. The first-order valence-corrected chi connectivity index (χ1v) is 4.89. The van der Waals surface area contributed by atoms with Gasteiger partial charge in [0, 0.05) is 13.1 Å². The minimum absolute atomic E-state index is 0.245. The molecule has 0 aliphatic carbocycles. The third-order valence-corrected chi connectivity index (χ3v) is 2.59. The van der Waals surface area contributed by atoms with Crippen LogP contribution in [0.3, 0.4) is 0 Å². The maximum atomic E-state index is 11.7. The standard InChI is InChI=1S/C10H11N3O3/c1-3-5-4-6(14)13(2)8-7(5)9(15)12-10(16)11-8/h4H,3H2,1-2H3,(H2,11,12,15,16). The highest BCUT2D eigenvalue weighted by atomic mass is 16.2. The average molecular weight is 221 g/mol. The van der Waals surface area contributed by atoms with E-state index in [1.165, 1.54) is 17.7 Å². The van der Waals surface area contributed by atoms with Crippen molar-refractivity contribution in [3.8, 4) is 0 Å². The van der Waals surface area contributed by atoms with Crippen molar-refractivity contribution in [2.24, 2.45) is 7.05 Å². The molecule has 0 spiro atoms. The second-order valence-corrected chi connectivity index (χ2v) is 3.55. The number of nitrogens with zero attached hydrogens (tertiary/aromatic N) is 1. The van der Waals surface area contributed by atoms with Crippen LogP contribution >= 0.6 is 0 Å². The predicted octanol–water partition coefficient (Wildman–Crippen LogP) is -0.523. The van der Waals surface area contributed by atoms with E-state index < -0.39 is 11.2 Å². The molecule has 0 fully saturated rings. The molecular formula is C10H11N3O3. The van der Waals surface area contributed by atoms with Crippen LogP contribution in [-0.2, 0) is 13.5 Å². The van der Waals surface area contributed by atoms with Crippen molar-refractivity contribution >= 4 is 11.0 Å². The van der Waals surface area contributed by atoms with E-state index in [2.05, 4.69) is 9.97 Å². The number of rotatable bonds is 1. The molecular weight excluding hydrogens is 210 g/mol. The van der Waals surface area contributed by atoms with Gasteiger partial charge in [-0.3, -0.25) is 24.1 Å². The lowest BCUT2D eigenvalue weighted by Crippen LogP contribution is -2.28. The fourth-order valence-corrected chi connectivity index (χ4v) is 1.73. The van der Waals surface area contributed by atoms with Gasteiger partial charge in [-0.15, -0.1) is 0 Å². The van der Waals surface area contributed by atoms with E-state index >= 15 is 0 Å². The summed E-state index contributed by atoms with van der Waals surface area (Å²) in [6.07, 6.45) is 0.557. The first kappa shape index (κ1) is 10.4. The van der Waals surface area contributed by atoms with Crippen molar-refractivity contribution in [3.63, 3.8) is 0 Å². The molecule has 0 saturated heterocycles. The molecule has 0 atom stereocenters. The summed E-state index contributed by atoms with van der Waals surface area (Å²) in [5.74, 6) is 0. The van der Waals surface area contributed by atoms with Crippen LogP contribution in [0.5, 0.6) is 0 Å². The Morgan fingerprint density at radius 1 is 1.25 bits per heavy atom. The van der Waals surface area contributed by atoms with E-state index in [9.17, 15) is 14.4 Å². The molecule has 2 rings (SSSR count). The number of aromatic nitrogens is 3. The maximum absolute atomic E-state index is 11.7. The minimum atomic E-state index is -0.610.